The van der Waals surface area contributed by atoms with Crippen molar-refractivity contribution in [2.45, 2.75) is 57.5 Å². The van der Waals surface area contributed by atoms with Crippen molar-refractivity contribution in [3.05, 3.63) is 47.4 Å². The lowest BCUT2D eigenvalue weighted by molar-refractivity contribution is 0.0552. The minimum absolute atomic E-state index is 0.0326. The number of aryl methyl sites for hydroxylation is 2. The molecule has 2 aliphatic heterocycles. The molecule has 2 saturated heterocycles. The molecule has 2 atom stereocenters. The topological polar surface area (TPSA) is 98.2 Å². The summed E-state index contributed by atoms with van der Waals surface area (Å²) in [6.45, 7) is 3.61. The molecule has 0 radical (unpaired) electrons. The summed E-state index contributed by atoms with van der Waals surface area (Å²) < 4.78 is 10.8. The van der Waals surface area contributed by atoms with Crippen LogP contribution in [0.2, 0.25) is 0 Å². The van der Waals surface area contributed by atoms with Crippen molar-refractivity contribution in [1.29, 1.82) is 0 Å². The van der Waals surface area contributed by atoms with E-state index in [0.717, 1.165) is 31.2 Å². The third kappa shape index (κ3) is 2.71. The number of carbonyl (C=O) groups is 1. The first-order valence-corrected chi connectivity index (χ1v) is 9.61. The molecule has 2 bridgehead atoms. The Bertz CT molecular complexity index is 979. The summed E-state index contributed by atoms with van der Waals surface area (Å²) in [4.78, 5) is 23.8. The molecule has 3 aromatic heterocycles. The van der Waals surface area contributed by atoms with Crippen LogP contribution in [0.1, 0.15) is 59.3 Å². The summed E-state index contributed by atoms with van der Waals surface area (Å²) in [7, 11) is 0. The van der Waals surface area contributed by atoms with Gasteiger partial charge in [0.05, 0.1) is 5.69 Å². The van der Waals surface area contributed by atoms with Gasteiger partial charge < -0.3 is 13.9 Å². The summed E-state index contributed by atoms with van der Waals surface area (Å²) in [5.74, 6) is 2.04. The Hall–Kier alpha value is -3.03. The number of hydrogen-bond acceptors (Lipinski definition) is 7. The second-order valence-electron chi connectivity index (χ2n) is 7.66. The van der Waals surface area contributed by atoms with Gasteiger partial charge in [0.25, 0.3) is 5.91 Å². The lowest BCUT2D eigenvalue weighted by Crippen LogP contribution is -2.46. The Morgan fingerprint density at radius 3 is 2.43 bits per heavy atom. The number of nitrogens with zero attached hydrogens (tertiary/aromatic N) is 5. The molecule has 8 heteroatoms. The predicted molar refractivity (Wildman–Crippen MR) is 98.5 cm³/mol. The predicted octanol–water partition coefficient (Wildman–Crippen LogP) is 3.29. The first kappa shape index (κ1) is 17.1. The highest BCUT2D eigenvalue weighted by molar-refractivity contribution is 5.96. The summed E-state index contributed by atoms with van der Waals surface area (Å²) in [6, 6.07) is 4.09. The van der Waals surface area contributed by atoms with Crippen molar-refractivity contribution in [2.75, 3.05) is 0 Å². The molecular formula is C20H21N5O3. The highest BCUT2D eigenvalue weighted by Crippen LogP contribution is 2.43. The Morgan fingerprint density at radius 2 is 1.79 bits per heavy atom. The van der Waals surface area contributed by atoms with Gasteiger partial charge in [0, 0.05) is 36.0 Å². The zero-order chi connectivity index (χ0) is 19.3. The number of carbonyl (C=O) groups excluding carboxylic acids is 1. The van der Waals surface area contributed by atoms with Gasteiger partial charge in [0.2, 0.25) is 11.7 Å². The number of piperidine rings is 1. The maximum atomic E-state index is 13.2. The van der Waals surface area contributed by atoms with E-state index in [0.29, 0.717) is 28.7 Å². The van der Waals surface area contributed by atoms with E-state index in [1.807, 2.05) is 24.0 Å². The molecule has 5 rings (SSSR count). The van der Waals surface area contributed by atoms with Crippen LogP contribution in [-0.2, 0) is 0 Å². The van der Waals surface area contributed by atoms with E-state index in [1.54, 1.807) is 19.3 Å². The van der Waals surface area contributed by atoms with Crippen molar-refractivity contribution in [2.24, 2.45) is 0 Å². The van der Waals surface area contributed by atoms with Crippen molar-refractivity contribution < 1.29 is 13.8 Å². The summed E-state index contributed by atoms with van der Waals surface area (Å²) in [6.07, 6.45) is 7.10. The SMILES string of the molecule is Cc1noc(C)c1C(=O)N1C2CCC1CC(c1nc(-c3ccncc3)no1)C2. The monoisotopic (exact) mass is 379 g/mol. The lowest BCUT2D eigenvalue weighted by Gasteiger charge is -2.37. The van der Waals surface area contributed by atoms with Crippen molar-refractivity contribution in [3.8, 4) is 11.4 Å². The van der Waals surface area contributed by atoms with Crippen LogP contribution in [0.25, 0.3) is 11.4 Å². The molecule has 5 heterocycles. The third-order valence-corrected chi connectivity index (χ3v) is 5.94. The molecule has 2 fully saturated rings. The van der Waals surface area contributed by atoms with Crippen LogP contribution < -0.4 is 0 Å². The maximum absolute atomic E-state index is 13.2. The molecule has 2 unspecified atom stereocenters. The first-order chi connectivity index (χ1) is 13.6. The van der Waals surface area contributed by atoms with E-state index in [1.165, 1.54) is 0 Å². The maximum Gasteiger partial charge on any atom is 0.259 e. The van der Waals surface area contributed by atoms with Gasteiger partial charge in [-0.15, -0.1) is 0 Å². The number of pyridine rings is 1. The first-order valence-electron chi connectivity index (χ1n) is 9.61. The minimum Gasteiger partial charge on any atom is -0.361 e. The second kappa shape index (κ2) is 6.54. The molecule has 2 aliphatic rings. The van der Waals surface area contributed by atoms with Gasteiger partial charge in [0.1, 0.15) is 11.3 Å². The Morgan fingerprint density at radius 1 is 1.07 bits per heavy atom. The lowest BCUT2D eigenvalue weighted by atomic mass is 9.90. The van der Waals surface area contributed by atoms with Gasteiger partial charge in [-0.1, -0.05) is 10.3 Å². The van der Waals surface area contributed by atoms with Crippen LogP contribution in [-0.4, -0.2) is 43.2 Å². The number of rotatable bonds is 3. The molecule has 0 N–H and O–H groups in total. The van der Waals surface area contributed by atoms with E-state index in [-0.39, 0.29) is 23.9 Å². The fourth-order valence-corrected chi connectivity index (χ4v) is 4.65. The number of fused-ring (bicyclic) bond motifs is 2. The number of hydrogen-bond donors (Lipinski definition) is 0. The van der Waals surface area contributed by atoms with Crippen LogP contribution in [0.5, 0.6) is 0 Å². The van der Waals surface area contributed by atoms with E-state index in [9.17, 15) is 4.79 Å². The summed E-state index contributed by atoms with van der Waals surface area (Å²) in [5.41, 5.74) is 2.15. The van der Waals surface area contributed by atoms with Gasteiger partial charge in [-0.3, -0.25) is 9.78 Å². The number of amides is 1. The van der Waals surface area contributed by atoms with Crippen LogP contribution in [0, 0.1) is 13.8 Å². The van der Waals surface area contributed by atoms with Crippen molar-refractivity contribution >= 4 is 5.91 Å². The van der Waals surface area contributed by atoms with E-state index >= 15 is 0 Å². The zero-order valence-corrected chi connectivity index (χ0v) is 15.8. The zero-order valence-electron chi connectivity index (χ0n) is 15.8. The van der Waals surface area contributed by atoms with Crippen LogP contribution >= 0.6 is 0 Å². The second-order valence-corrected chi connectivity index (χ2v) is 7.66. The standard InChI is InChI=1S/C20H21N5O3/c1-11-17(12(2)27-23-11)20(26)25-15-3-4-16(25)10-14(9-15)19-22-18(24-28-19)13-5-7-21-8-6-13/h5-8,14-16H,3-4,9-10H2,1-2H3. The molecule has 0 saturated carbocycles. The fourth-order valence-electron chi connectivity index (χ4n) is 4.65. The average Bonchev–Trinajstić information content (AvgIpc) is 3.39. The highest BCUT2D eigenvalue weighted by Gasteiger charge is 2.46. The molecule has 8 nitrogen and oxygen atoms in total. The van der Waals surface area contributed by atoms with Crippen LogP contribution in [0.15, 0.2) is 33.6 Å². The van der Waals surface area contributed by atoms with Crippen LogP contribution in [0.4, 0.5) is 0 Å². The molecule has 1 amide bonds. The van der Waals surface area contributed by atoms with Gasteiger partial charge in [-0.05, 0) is 51.7 Å². The smallest absolute Gasteiger partial charge is 0.259 e. The fraction of sp³-hybridized carbons (Fsp3) is 0.450. The Balaban J connectivity index is 1.36. The van der Waals surface area contributed by atoms with Gasteiger partial charge in [-0.2, -0.15) is 4.98 Å². The van der Waals surface area contributed by atoms with E-state index in [4.69, 9.17) is 9.05 Å². The molecule has 0 aliphatic carbocycles. The normalized spacial score (nSPS) is 23.9. The Labute approximate surface area is 161 Å². The molecule has 0 spiro atoms. The average molecular weight is 379 g/mol. The Kier molecular flexibility index (Phi) is 3.99. The van der Waals surface area contributed by atoms with Gasteiger partial charge in [-0.25, -0.2) is 0 Å². The van der Waals surface area contributed by atoms with Gasteiger partial charge >= 0.3 is 0 Å². The molecule has 3 aromatic rings. The van der Waals surface area contributed by atoms with E-state index in [2.05, 4.69) is 20.3 Å². The van der Waals surface area contributed by atoms with Gasteiger partial charge in [0.15, 0.2) is 0 Å². The molecule has 28 heavy (non-hydrogen) atoms. The van der Waals surface area contributed by atoms with Crippen molar-refractivity contribution in [3.63, 3.8) is 0 Å². The largest absolute Gasteiger partial charge is 0.361 e. The molecular weight excluding hydrogens is 358 g/mol. The van der Waals surface area contributed by atoms with E-state index < -0.39 is 0 Å². The minimum atomic E-state index is 0.0326. The number of aromatic nitrogens is 4. The van der Waals surface area contributed by atoms with Crippen LogP contribution in [0.3, 0.4) is 0 Å². The van der Waals surface area contributed by atoms with Crippen molar-refractivity contribution in [1.82, 2.24) is 25.2 Å². The molecule has 144 valence electrons. The highest BCUT2D eigenvalue weighted by atomic mass is 16.5. The summed E-state index contributed by atoms with van der Waals surface area (Å²) in [5, 5.41) is 8.07. The molecule has 0 aromatic carbocycles. The quantitative estimate of drug-likeness (QED) is 0.688. The third-order valence-electron chi connectivity index (χ3n) is 5.94. The summed E-state index contributed by atoms with van der Waals surface area (Å²) >= 11 is 0.